The molecule has 0 bridgehead atoms. The van der Waals surface area contributed by atoms with Crippen molar-refractivity contribution in [1.82, 2.24) is 24.8 Å². The quantitative estimate of drug-likeness (QED) is 0.719. The number of fused-ring (bicyclic) bond motifs is 1. The standard InChI is InChI=1S/C16H25N5OS/c1-19(2)6-7-22-12-13-9-21(10-14-5-4-8-23-14)11-15-16(13)20(3)18-17-15/h4-5,8,13H,6-7,9-12H2,1-3H3/t13-/m0/s1. The highest BCUT2D eigenvalue weighted by Crippen LogP contribution is 2.28. The van der Waals surface area contributed by atoms with Crippen molar-refractivity contribution in [1.29, 1.82) is 0 Å². The number of hydrogen-bond donors (Lipinski definition) is 0. The SMILES string of the molecule is CN(C)CCOC[C@@H]1CN(Cc2cccs2)Cc2nnn(C)c21. The van der Waals surface area contributed by atoms with Gasteiger partial charge in [-0.3, -0.25) is 9.58 Å². The average molecular weight is 335 g/mol. The predicted octanol–water partition coefficient (Wildman–Crippen LogP) is 1.55. The van der Waals surface area contributed by atoms with Crippen molar-refractivity contribution in [3.8, 4) is 0 Å². The predicted molar refractivity (Wildman–Crippen MR) is 91.6 cm³/mol. The number of ether oxygens (including phenoxy) is 1. The van der Waals surface area contributed by atoms with Crippen LogP contribution < -0.4 is 0 Å². The monoisotopic (exact) mass is 335 g/mol. The number of rotatable bonds is 7. The summed E-state index contributed by atoms with van der Waals surface area (Å²) in [5, 5.41) is 10.7. The van der Waals surface area contributed by atoms with Gasteiger partial charge in [-0.2, -0.15) is 0 Å². The second-order valence-corrected chi connectivity index (χ2v) is 7.40. The van der Waals surface area contributed by atoms with E-state index in [0.29, 0.717) is 5.92 Å². The topological polar surface area (TPSA) is 46.4 Å². The molecule has 0 aliphatic carbocycles. The van der Waals surface area contributed by atoms with E-state index in [4.69, 9.17) is 4.74 Å². The molecule has 3 heterocycles. The molecule has 0 unspecified atom stereocenters. The Morgan fingerprint density at radius 2 is 2.30 bits per heavy atom. The molecule has 1 aliphatic heterocycles. The normalized spacial score (nSPS) is 18.5. The molecule has 126 valence electrons. The van der Waals surface area contributed by atoms with Crippen molar-refractivity contribution in [3.63, 3.8) is 0 Å². The molecule has 2 aromatic heterocycles. The summed E-state index contributed by atoms with van der Waals surface area (Å²) in [6.45, 7) is 5.27. The minimum absolute atomic E-state index is 0.334. The number of aromatic nitrogens is 3. The lowest BCUT2D eigenvalue weighted by atomic mass is 9.99. The van der Waals surface area contributed by atoms with Gasteiger partial charge in [0.1, 0.15) is 5.69 Å². The van der Waals surface area contributed by atoms with Crippen LogP contribution in [0.15, 0.2) is 17.5 Å². The molecule has 0 fully saturated rings. The Bertz CT molecular complexity index is 610. The summed E-state index contributed by atoms with van der Waals surface area (Å²) in [4.78, 5) is 5.98. The summed E-state index contributed by atoms with van der Waals surface area (Å²) in [5.41, 5.74) is 2.33. The van der Waals surface area contributed by atoms with E-state index in [1.54, 1.807) is 0 Å². The third-order valence-corrected chi connectivity index (χ3v) is 5.01. The van der Waals surface area contributed by atoms with E-state index < -0.39 is 0 Å². The Morgan fingerprint density at radius 3 is 3.04 bits per heavy atom. The minimum Gasteiger partial charge on any atom is -0.379 e. The van der Waals surface area contributed by atoms with Gasteiger partial charge in [0, 0.05) is 44.0 Å². The summed E-state index contributed by atoms with van der Waals surface area (Å²) in [5.74, 6) is 0.334. The molecule has 0 saturated heterocycles. The van der Waals surface area contributed by atoms with Crippen LogP contribution in [0.4, 0.5) is 0 Å². The summed E-state index contributed by atoms with van der Waals surface area (Å²) in [7, 11) is 6.11. The Labute approximate surface area is 141 Å². The zero-order valence-corrected chi connectivity index (χ0v) is 14.9. The van der Waals surface area contributed by atoms with Crippen LogP contribution in [0.1, 0.15) is 22.2 Å². The van der Waals surface area contributed by atoms with E-state index in [2.05, 4.69) is 51.7 Å². The second-order valence-electron chi connectivity index (χ2n) is 6.37. The van der Waals surface area contributed by atoms with E-state index in [0.717, 1.165) is 45.1 Å². The largest absolute Gasteiger partial charge is 0.379 e. The van der Waals surface area contributed by atoms with Gasteiger partial charge in [0.05, 0.1) is 18.9 Å². The Kier molecular flexibility index (Phi) is 5.42. The first-order chi connectivity index (χ1) is 11.1. The highest BCUT2D eigenvalue weighted by Gasteiger charge is 2.30. The Hall–Kier alpha value is -1.28. The van der Waals surface area contributed by atoms with Crippen LogP contribution in [-0.2, 0) is 24.9 Å². The molecule has 23 heavy (non-hydrogen) atoms. The molecule has 0 N–H and O–H groups in total. The number of aryl methyl sites for hydroxylation is 1. The van der Waals surface area contributed by atoms with Gasteiger partial charge in [-0.15, -0.1) is 16.4 Å². The summed E-state index contributed by atoms with van der Waals surface area (Å²) in [6.07, 6.45) is 0. The fraction of sp³-hybridized carbons (Fsp3) is 0.625. The summed E-state index contributed by atoms with van der Waals surface area (Å²) >= 11 is 1.81. The van der Waals surface area contributed by atoms with Crippen molar-refractivity contribution in [2.45, 2.75) is 19.0 Å². The number of nitrogens with zero attached hydrogens (tertiary/aromatic N) is 5. The maximum Gasteiger partial charge on any atom is 0.100 e. The molecular formula is C16H25N5OS. The highest BCUT2D eigenvalue weighted by atomic mass is 32.1. The number of likely N-dealkylation sites (N-methyl/N-ethyl adjacent to an activating group) is 1. The van der Waals surface area contributed by atoms with Gasteiger partial charge in [-0.25, -0.2) is 0 Å². The van der Waals surface area contributed by atoms with Crippen molar-refractivity contribution in [2.75, 3.05) is 40.4 Å². The van der Waals surface area contributed by atoms with Crippen molar-refractivity contribution < 1.29 is 4.74 Å². The second kappa shape index (κ2) is 7.53. The molecule has 0 aromatic carbocycles. The van der Waals surface area contributed by atoms with Gasteiger partial charge in [0.15, 0.2) is 0 Å². The zero-order valence-electron chi connectivity index (χ0n) is 14.1. The van der Waals surface area contributed by atoms with Crippen LogP contribution in [0.2, 0.25) is 0 Å². The van der Waals surface area contributed by atoms with Gasteiger partial charge in [0.25, 0.3) is 0 Å². The van der Waals surface area contributed by atoms with E-state index in [1.165, 1.54) is 10.6 Å². The van der Waals surface area contributed by atoms with Crippen LogP contribution in [0.5, 0.6) is 0 Å². The summed E-state index contributed by atoms with van der Waals surface area (Å²) in [6, 6.07) is 4.30. The first-order valence-electron chi connectivity index (χ1n) is 7.99. The Morgan fingerprint density at radius 1 is 1.43 bits per heavy atom. The molecule has 0 radical (unpaired) electrons. The van der Waals surface area contributed by atoms with Crippen LogP contribution in [-0.4, -0.2) is 65.2 Å². The lowest BCUT2D eigenvalue weighted by Gasteiger charge is -2.31. The smallest absolute Gasteiger partial charge is 0.100 e. The van der Waals surface area contributed by atoms with Crippen molar-refractivity contribution in [2.24, 2.45) is 7.05 Å². The molecular weight excluding hydrogens is 310 g/mol. The molecule has 3 rings (SSSR count). The van der Waals surface area contributed by atoms with Crippen molar-refractivity contribution in [3.05, 3.63) is 33.8 Å². The van der Waals surface area contributed by atoms with E-state index >= 15 is 0 Å². The van der Waals surface area contributed by atoms with Crippen molar-refractivity contribution >= 4 is 11.3 Å². The lowest BCUT2D eigenvalue weighted by molar-refractivity contribution is 0.0837. The minimum atomic E-state index is 0.334. The molecule has 1 atom stereocenters. The van der Waals surface area contributed by atoms with Gasteiger partial charge in [-0.05, 0) is 25.5 Å². The molecule has 2 aromatic rings. The van der Waals surface area contributed by atoms with E-state index in [9.17, 15) is 0 Å². The number of hydrogen-bond acceptors (Lipinski definition) is 6. The van der Waals surface area contributed by atoms with Crippen LogP contribution in [0, 0.1) is 0 Å². The molecule has 0 saturated carbocycles. The molecule has 0 spiro atoms. The highest BCUT2D eigenvalue weighted by molar-refractivity contribution is 7.09. The fourth-order valence-corrected chi connectivity index (χ4v) is 3.79. The molecule has 0 amide bonds. The van der Waals surface area contributed by atoms with Gasteiger partial charge < -0.3 is 9.64 Å². The molecule has 1 aliphatic rings. The van der Waals surface area contributed by atoms with Gasteiger partial charge in [0.2, 0.25) is 0 Å². The maximum atomic E-state index is 5.91. The zero-order chi connectivity index (χ0) is 16.2. The van der Waals surface area contributed by atoms with E-state index in [1.807, 2.05) is 23.1 Å². The molecule has 6 nitrogen and oxygen atoms in total. The lowest BCUT2D eigenvalue weighted by Crippen LogP contribution is -2.36. The van der Waals surface area contributed by atoms with Gasteiger partial charge >= 0.3 is 0 Å². The van der Waals surface area contributed by atoms with Gasteiger partial charge in [-0.1, -0.05) is 11.3 Å². The molecule has 7 heteroatoms. The van der Waals surface area contributed by atoms with Crippen LogP contribution in [0.3, 0.4) is 0 Å². The van der Waals surface area contributed by atoms with Crippen LogP contribution >= 0.6 is 11.3 Å². The third-order valence-electron chi connectivity index (χ3n) is 4.14. The first kappa shape index (κ1) is 16.6. The van der Waals surface area contributed by atoms with E-state index in [-0.39, 0.29) is 0 Å². The average Bonchev–Trinajstić information content (AvgIpc) is 3.14. The van der Waals surface area contributed by atoms with Crippen LogP contribution in [0.25, 0.3) is 0 Å². The third kappa shape index (κ3) is 4.17. The first-order valence-corrected chi connectivity index (χ1v) is 8.87. The maximum absolute atomic E-state index is 5.91. The summed E-state index contributed by atoms with van der Waals surface area (Å²) < 4.78 is 7.83. The Balaban J connectivity index is 1.65. The fourth-order valence-electron chi connectivity index (χ4n) is 3.04. The number of thiophene rings is 1.